The molecule has 1 atom stereocenters. The first-order chi connectivity index (χ1) is 17.6. The predicted octanol–water partition coefficient (Wildman–Crippen LogP) is 3.73. The highest BCUT2D eigenvalue weighted by Crippen LogP contribution is 2.26. The first kappa shape index (κ1) is 24.6. The van der Waals surface area contributed by atoms with Crippen molar-refractivity contribution in [2.24, 2.45) is 11.8 Å². The third-order valence-electron chi connectivity index (χ3n) is 7.59. The second kappa shape index (κ2) is 11.7. The summed E-state index contributed by atoms with van der Waals surface area (Å²) in [6.07, 6.45) is 8.85. The fourth-order valence-electron chi connectivity index (χ4n) is 5.35. The number of benzene rings is 1. The summed E-state index contributed by atoms with van der Waals surface area (Å²) in [5.41, 5.74) is 1.84. The number of pyridine rings is 1. The molecule has 8 nitrogen and oxygen atoms in total. The molecule has 192 valence electrons. The van der Waals surface area contributed by atoms with Gasteiger partial charge in [-0.2, -0.15) is 0 Å². The summed E-state index contributed by atoms with van der Waals surface area (Å²) in [7, 11) is 0. The summed E-state index contributed by atoms with van der Waals surface area (Å²) in [6.45, 7) is 4.62. The van der Waals surface area contributed by atoms with Gasteiger partial charge < -0.3 is 24.6 Å². The van der Waals surface area contributed by atoms with Gasteiger partial charge in [0.15, 0.2) is 0 Å². The molecule has 8 heteroatoms. The largest absolute Gasteiger partial charge is 0.490 e. The Hall–Kier alpha value is -3.13. The molecule has 0 saturated carbocycles. The average Bonchev–Trinajstić information content (AvgIpc) is 3.42. The van der Waals surface area contributed by atoms with Crippen LogP contribution in [-0.4, -0.2) is 67.2 Å². The van der Waals surface area contributed by atoms with Gasteiger partial charge >= 0.3 is 0 Å². The maximum atomic E-state index is 12.8. The minimum absolute atomic E-state index is 0.0412. The number of ether oxygens (including phenoxy) is 2. The number of amides is 2. The number of likely N-dealkylation sites (tertiary alicyclic amines) is 1. The molecule has 1 aromatic heterocycles. The van der Waals surface area contributed by atoms with Crippen LogP contribution in [-0.2, 0) is 14.3 Å². The quantitative estimate of drug-likeness (QED) is 0.634. The summed E-state index contributed by atoms with van der Waals surface area (Å²) in [4.78, 5) is 33.8. The maximum Gasteiger partial charge on any atom is 0.229 e. The number of carbonyl (C=O) groups excluding carboxylic acids is 2. The lowest BCUT2D eigenvalue weighted by atomic mass is 9.95. The Balaban J connectivity index is 1.04. The molecule has 0 radical (unpaired) electrons. The zero-order valence-corrected chi connectivity index (χ0v) is 20.8. The zero-order valence-electron chi connectivity index (χ0n) is 20.8. The molecule has 1 unspecified atom stereocenters. The molecule has 4 heterocycles. The van der Waals surface area contributed by atoms with E-state index in [4.69, 9.17) is 9.47 Å². The molecule has 3 aliphatic rings. The molecule has 1 N–H and O–H groups in total. The van der Waals surface area contributed by atoms with Crippen LogP contribution in [0.2, 0.25) is 0 Å². The summed E-state index contributed by atoms with van der Waals surface area (Å²) >= 11 is 0. The van der Waals surface area contributed by atoms with Gasteiger partial charge in [-0.3, -0.25) is 14.6 Å². The van der Waals surface area contributed by atoms with Gasteiger partial charge in [-0.15, -0.1) is 0 Å². The molecule has 3 aliphatic heterocycles. The van der Waals surface area contributed by atoms with Crippen LogP contribution in [0.3, 0.4) is 0 Å². The van der Waals surface area contributed by atoms with Crippen LogP contribution >= 0.6 is 0 Å². The van der Waals surface area contributed by atoms with Gasteiger partial charge in [0.05, 0.1) is 17.8 Å². The van der Waals surface area contributed by atoms with Crippen molar-refractivity contribution in [3.8, 4) is 5.75 Å². The number of hydrogen-bond donors (Lipinski definition) is 1. The molecule has 2 amide bonds. The fourth-order valence-corrected chi connectivity index (χ4v) is 5.35. The van der Waals surface area contributed by atoms with E-state index in [0.29, 0.717) is 18.9 Å². The Morgan fingerprint density at radius 2 is 1.78 bits per heavy atom. The number of anilines is 2. The summed E-state index contributed by atoms with van der Waals surface area (Å²) in [6, 6.07) is 11.6. The number of carbonyl (C=O) groups is 2. The molecule has 1 aromatic carbocycles. The number of hydrogen-bond acceptors (Lipinski definition) is 6. The van der Waals surface area contributed by atoms with E-state index in [-0.39, 0.29) is 23.8 Å². The van der Waals surface area contributed by atoms with Crippen molar-refractivity contribution in [1.82, 2.24) is 9.88 Å². The van der Waals surface area contributed by atoms with Gasteiger partial charge in [0.1, 0.15) is 11.9 Å². The number of nitrogens with zero attached hydrogens (tertiary/aromatic N) is 3. The van der Waals surface area contributed by atoms with E-state index in [1.165, 1.54) is 0 Å². The Morgan fingerprint density at radius 1 is 1.00 bits per heavy atom. The lowest BCUT2D eigenvalue weighted by Gasteiger charge is -2.33. The lowest BCUT2D eigenvalue weighted by Crippen LogP contribution is -2.42. The SMILES string of the molecule is O=C(Nc1ccc(OC2CCN(C(=O)CC3CCOCC3)CC2)cc1)C1CCN(c2cccnc2)C1. The van der Waals surface area contributed by atoms with E-state index in [1.807, 2.05) is 47.5 Å². The van der Waals surface area contributed by atoms with Gasteiger partial charge in [0.2, 0.25) is 11.8 Å². The molecule has 0 aliphatic carbocycles. The van der Waals surface area contributed by atoms with Gasteiger partial charge in [-0.1, -0.05) is 0 Å². The minimum Gasteiger partial charge on any atom is -0.490 e. The standard InChI is InChI=1S/C28H36N4O4/c33-27(18-21-10-16-35-17-11-21)31-14-8-26(9-15-31)36-25-5-3-23(4-6-25)30-28(34)22-7-13-32(20-22)24-2-1-12-29-19-24/h1-6,12,19,21-22,26H,7-11,13-18,20H2,(H,30,34). The third kappa shape index (κ3) is 6.35. The molecule has 5 rings (SSSR count). The number of nitrogens with one attached hydrogen (secondary N) is 1. The Kier molecular flexibility index (Phi) is 8.01. The molecule has 36 heavy (non-hydrogen) atoms. The second-order valence-corrected chi connectivity index (χ2v) is 10.1. The topological polar surface area (TPSA) is 84.0 Å². The van der Waals surface area contributed by atoms with Gasteiger partial charge in [0.25, 0.3) is 0 Å². The van der Waals surface area contributed by atoms with Crippen LogP contribution in [0, 0.1) is 11.8 Å². The van der Waals surface area contributed by atoms with Crippen molar-refractivity contribution >= 4 is 23.2 Å². The number of piperidine rings is 1. The van der Waals surface area contributed by atoms with Crippen molar-refractivity contribution in [2.75, 3.05) is 49.6 Å². The summed E-state index contributed by atoms with van der Waals surface area (Å²) in [5, 5.41) is 3.05. The molecule has 3 saturated heterocycles. The average molecular weight is 493 g/mol. The molecule has 0 bridgehead atoms. The van der Waals surface area contributed by atoms with Gasteiger partial charge in [-0.25, -0.2) is 0 Å². The number of rotatable bonds is 7. The number of aromatic nitrogens is 1. The maximum absolute atomic E-state index is 12.8. The van der Waals surface area contributed by atoms with Crippen LogP contribution < -0.4 is 15.0 Å². The van der Waals surface area contributed by atoms with Crippen LogP contribution in [0.4, 0.5) is 11.4 Å². The van der Waals surface area contributed by atoms with Crippen molar-refractivity contribution in [3.63, 3.8) is 0 Å². The van der Waals surface area contributed by atoms with Crippen molar-refractivity contribution in [1.29, 1.82) is 0 Å². The molecule has 3 fully saturated rings. The minimum atomic E-state index is -0.0412. The van der Waals surface area contributed by atoms with Crippen LogP contribution in [0.15, 0.2) is 48.8 Å². The smallest absolute Gasteiger partial charge is 0.229 e. The third-order valence-corrected chi connectivity index (χ3v) is 7.59. The van der Waals surface area contributed by atoms with E-state index in [0.717, 1.165) is 82.1 Å². The van der Waals surface area contributed by atoms with E-state index in [1.54, 1.807) is 6.20 Å². The first-order valence-electron chi connectivity index (χ1n) is 13.2. The predicted molar refractivity (Wildman–Crippen MR) is 138 cm³/mol. The van der Waals surface area contributed by atoms with Crippen LogP contribution in [0.25, 0.3) is 0 Å². The monoisotopic (exact) mass is 492 g/mol. The van der Waals surface area contributed by atoms with Crippen molar-refractivity contribution in [2.45, 2.75) is 44.6 Å². The highest BCUT2D eigenvalue weighted by Gasteiger charge is 2.29. The molecule has 2 aromatic rings. The highest BCUT2D eigenvalue weighted by atomic mass is 16.5. The fraction of sp³-hybridized carbons (Fsp3) is 0.536. The van der Waals surface area contributed by atoms with Gasteiger partial charge in [0, 0.05) is 70.5 Å². The van der Waals surface area contributed by atoms with E-state index in [2.05, 4.69) is 15.2 Å². The van der Waals surface area contributed by atoms with Gasteiger partial charge in [-0.05, 0) is 61.6 Å². The van der Waals surface area contributed by atoms with E-state index >= 15 is 0 Å². The first-order valence-corrected chi connectivity index (χ1v) is 13.2. The lowest BCUT2D eigenvalue weighted by molar-refractivity contribution is -0.134. The normalized spacial score (nSPS) is 21.4. The van der Waals surface area contributed by atoms with E-state index < -0.39 is 0 Å². The highest BCUT2D eigenvalue weighted by molar-refractivity contribution is 5.93. The van der Waals surface area contributed by atoms with Crippen molar-refractivity contribution in [3.05, 3.63) is 48.8 Å². The zero-order chi connectivity index (χ0) is 24.7. The Bertz CT molecular complexity index is 1000. The molecular weight excluding hydrogens is 456 g/mol. The second-order valence-electron chi connectivity index (χ2n) is 10.1. The van der Waals surface area contributed by atoms with Crippen molar-refractivity contribution < 1.29 is 19.1 Å². The summed E-state index contributed by atoms with van der Waals surface area (Å²) in [5.74, 6) is 1.54. The van der Waals surface area contributed by atoms with E-state index in [9.17, 15) is 9.59 Å². The van der Waals surface area contributed by atoms with Crippen LogP contribution in [0.5, 0.6) is 5.75 Å². The summed E-state index contributed by atoms with van der Waals surface area (Å²) < 4.78 is 11.6. The Morgan fingerprint density at radius 3 is 2.50 bits per heavy atom. The molecule has 0 spiro atoms. The molecular formula is C28H36N4O4. The Labute approximate surface area is 213 Å². The van der Waals surface area contributed by atoms with Crippen LogP contribution in [0.1, 0.15) is 38.5 Å².